The predicted octanol–water partition coefficient (Wildman–Crippen LogP) is 3.60. The van der Waals surface area contributed by atoms with Crippen LogP contribution in [-0.4, -0.2) is 53.0 Å². The molecule has 4 rings (SSSR count). The van der Waals surface area contributed by atoms with Gasteiger partial charge < -0.3 is 9.64 Å². The lowest BCUT2D eigenvalue weighted by atomic mass is 10.1. The minimum atomic E-state index is -0.0234. The predicted molar refractivity (Wildman–Crippen MR) is 115 cm³/mol. The summed E-state index contributed by atoms with van der Waals surface area (Å²) >= 11 is 6.71. The van der Waals surface area contributed by atoms with E-state index in [1.807, 2.05) is 13.0 Å². The normalized spacial score (nSPS) is 19.6. The van der Waals surface area contributed by atoms with Crippen molar-refractivity contribution in [3.8, 4) is 0 Å². The molecule has 5 nitrogen and oxygen atoms in total. The van der Waals surface area contributed by atoms with Crippen LogP contribution in [0.5, 0.6) is 0 Å². The smallest absolute Gasteiger partial charge is 0.266 e. The number of ether oxygens (including phenoxy) is 1. The summed E-state index contributed by atoms with van der Waals surface area (Å²) in [6.07, 6.45) is 1.94. The molecule has 2 aliphatic rings. The van der Waals surface area contributed by atoms with Gasteiger partial charge in [0.1, 0.15) is 10.1 Å². The summed E-state index contributed by atoms with van der Waals surface area (Å²) in [7, 11) is 0. The molecule has 0 unspecified atom stereocenters. The molecule has 2 fully saturated rings. The Hall–Kier alpha value is -1.96. The number of thiocarbonyl (C=S) groups is 1. The summed E-state index contributed by atoms with van der Waals surface area (Å²) in [6.45, 7) is 7.56. The van der Waals surface area contributed by atoms with Crippen LogP contribution < -0.4 is 4.90 Å². The van der Waals surface area contributed by atoms with Crippen LogP contribution in [0.4, 0.5) is 5.82 Å². The van der Waals surface area contributed by atoms with E-state index in [2.05, 4.69) is 36.1 Å². The van der Waals surface area contributed by atoms with Gasteiger partial charge in [-0.25, -0.2) is 4.98 Å². The molecule has 1 aromatic heterocycles. The summed E-state index contributed by atoms with van der Waals surface area (Å²) in [5.74, 6) is 0.876. The van der Waals surface area contributed by atoms with Gasteiger partial charge in [-0.2, -0.15) is 0 Å². The number of rotatable bonds is 3. The molecule has 0 radical (unpaired) electrons. The SMILES string of the molecule is CCN1C(=O)/C(=C/c2cc3cc(C)ccc3nc2N2CCOCC2)SC1=S. The molecule has 7 heteroatoms. The standard InChI is InChI=1S/C20H21N3O2S2/c1-3-23-19(24)17(27-20(23)26)12-15-11-14-10-13(2)4-5-16(14)21-18(15)22-6-8-25-9-7-22/h4-5,10-12H,3,6-9H2,1-2H3/b17-12-. The van der Waals surface area contributed by atoms with Crippen molar-refractivity contribution in [1.82, 2.24) is 9.88 Å². The first-order chi connectivity index (χ1) is 13.1. The maximum atomic E-state index is 12.7. The number of hydrogen-bond acceptors (Lipinski definition) is 6. The van der Waals surface area contributed by atoms with E-state index in [1.165, 1.54) is 17.3 Å². The number of hydrogen-bond donors (Lipinski definition) is 0. The van der Waals surface area contributed by atoms with Crippen LogP contribution in [0.2, 0.25) is 0 Å². The monoisotopic (exact) mass is 399 g/mol. The Bertz CT molecular complexity index is 952. The molecule has 0 spiro atoms. The van der Waals surface area contributed by atoms with E-state index in [1.54, 1.807) is 4.90 Å². The van der Waals surface area contributed by atoms with E-state index in [0.717, 1.165) is 35.4 Å². The Morgan fingerprint density at radius 1 is 1.30 bits per heavy atom. The molecule has 2 aliphatic heterocycles. The van der Waals surface area contributed by atoms with E-state index >= 15 is 0 Å². The van der Waals surface area contributed by atoms with Crippen molar-refractivity contribution in [3.63, 3.8) is 0 Å². The number of carbonyl (C=O) groups is 1. The van der Waals surface area contributed by atoms with Crippen LogP contribution in [0.1, 0.15) is 18.1 Å². The lowest BCUT2D eigenvalue weighted by molar-refractivity contribution is -0.121. The molecule has 2 saturated heterocycles. The van der Waals surface area contributed by atoms with Gasteiger partial charge in [0.2, 0.25) is 0 Å². The van der Waals surface area contributed by atoms with Crippen molar-refractivity contribution in [1.29, 1.82) is 0 Å². The average Bonchev–Trinajstić information content (AvgIpc) is 2.94. The minimum absolute atomic E-state index is 0.0234. The van der Waals surface area contributed by atoms with Gasteiger partial charge in [-0.1, -0.05) is 35.6 Å². The van der Waals surface area contributed by atoms with Gasteiger partial charge in [0.25, 0.3) is 5.91 Å². The van der Waals surface area contributed by atoms with Crippen LogP contribution in [0.15, 0.2) is 29.2 Å². The lowest BCUT2D eigenvalue weighted by Gasteiger charge is -2.29. The molecular weight excluding hydrogens is 378 g/mol. The Kier molecular flexibility index (Phi) is 5.16. The van der Waals surface area contributed by atoms with Gasteiger partial charge in [-0.3, -0.25) is 9.69 Å². The average molecular weight is 400 g/mol. The number of nitrogens with zero attached hydrogens (tertiary/aromatic N) is 3. The number of benzene rings is 1. The molecular formula is C20H21N3O2S2. The molecule has 1 amide bonds. The Morgan fingerprint density at radius 2 is 2.07 bits per heavy atom. The van der Waals surface area contributed by atoms with Crippen molar-refractivity contribution in [3.05, 3.63) is 40.3 Å². The van der Waals surface area contributed by atoms with Crippen molar-refractivity contribution >= 4 is 57.0 Å². The Labute approximate surface area is 168 Å². The summed E-state index contributed by atoms with van der Waals surface area (Å²) in [5, 5.41) is 1.07. The van der Waals surface area contributed by atoms with E-state index in [4.69, 9.17) is 21.9 Å². The summed E-state index contributed by atoms with van der Waals surface area (Å²) in [4.78, 5) is 22.1. The fourth-order valence-electron chi connectivity index (χ4n) is 3.35. The van der Waals surface area contributed by atoms with E-state index in [0.29, 0.717) is 29.0 Å². The second kappa shape index (κ2) is 7.58. The first-order valence-electron chi connectivity index (χ1n) is 9.06. The third-order valence-corrected chi connectivity index (χ3v) is 6.14. The summed E-state index contributed by atoms with van der Waals surface area (Å²) in [5.41, 5.74) is 3.10. The Balaban J connectivity index is 1.83. The van der Waals surface area contributed by atoms with Gasteiger partial charge in [0, 0.05) is 30.6 Å². The third-order valence-electron chi connectivity index (χ3n) is 4.77. The number of morpholine rings is 1. The number of pyridine rings is 1. The molecule has 0 bridgehead atoms. The maximum Gasteiger partial charge on any atom is 0.266 e. The second-order valence-corrected chi connectivity index (χ2v) is 8.30. The van der Waals surface area contributed by atoms with E-state index in [9.17, 15) is 4.79 Å². The molecule has 3 heterocycles. The first kappa shape index (κ1) is 18.4. The number of amides is 1. The summed E-state index contributed by atoms with van der Waals surface area (Å²) in [6, 6.07) is 8.37. The highest BCUT2D eigenvalue weighted by molar-refractivity contribution is 8.26. The zero-order valence-electron chi connectivity index (χ0n) is 15.4. The molecule has 0 aliphatic carbocycles. The molecule has 140 valence electrons. The second-order valence-electron chi connectivity index (χ2n) is 6.62. The highest BCUT2D eigenvalue weighted by atomic mass is 32.2. The highest BCUT2D eigenvalue weighted by Gasteiger charge is 2.31. The number of likely N-dealkylation sites (N-methyl/N-ethyl adjacent to an activating group) is 1. The number of carbonyl (C=O) groups excluding carboxylic acids is 1. The van der Waals surface area contributed by atoms with Gasteiger partial charge in [0.05, 0.1) is 23.6 Å². The molecule has 1 aromatic carbocycles. The molecule has 0 saturated carbocycles. The van der Waals surface area contributed by atoms with E-state index < -0.39 is 0 Å². The van der Waals surface area contributed by atoms with Crippen molar-refractivity contribution in [2.45, 2.75) is 13.8 Å². The van der Waals surface area contributed by atoms with Crippen LogP contribution in [0, 0.1) is 6.92 Å². The molecule has 0 N–H and O–H groups in total. The van der Waals surface area contributed by atoms with Crippen LogP contribution in [0.3, 0.4) is 0 Å². The van der Waals surface area contributed by atoms with Crippen LogP contribution in [0.25, 0.3) is 17.0 Å². The number of thioether (sulfide) groups is 1. The zero-order chi connectivity index (χ0) is 19.0. The lowest BCUT2D eigenvalue weighted by Crippen LogP contribution is -2.37. The van der Waals surface area contributed by atoms with Crippen molar-refractivity contribution in [2.24, 2.45) is 0 Å². The van der Waals surface area contributed by atoms with Crippen LogP contribution >= 0.6 is 24.0 Å². The van der Waals surface area contributed by atoms with Gasteiger partial charge >= 0.3 is 0 Å². The van der Waals surface area contributed by atoms with Crippen molar-refractivity contribution in [2.75, 3.05) is 37.7 Å². The molecule has 2 aromatic rings. The quantitative estimate of drug-likeness (QED) is 0.581. The zero-order valence-corrected chi connectivity index (χ0v) is 17.0. The number of aromatic nitrogens is 1. The minimum Gasteiger partial charge on any atom is -0.378 e. The molecule has 27 heavy (non-hydrogen) atoms. The number of anilines is 1. The Morgan fingerprint density at radius 3 is 2.78 bits per heavy atom. The highest BCUT2D eigenvalue weighted by Crippen LogP contribution is 2.35. The van der Waals surface area contributed by atoms with Gasteiger partial charge in [-0.15, -0.1) is 0 Å². The van der Waals surface area contributed by atoms with Gasteiger partial charge in [0.15, 0.2) is 0 Å². The number of aryl methyl sites for hydroxylation is 1. The van der Waals surface area contributed by atoms with Gasteiger partial charge in [-0.05, 0) is 38.1 Å². The maximum absolute atomic E-state index is 12.7. The molecule has 0 atom stereocenters. The number of fused-ring (bicyclic) bond motifs is 1. The topological polar surface area (TPSA) is 45.7 Å². The van der Waals surface area contributed by atoms with Crippen LogP contribution in [-0.2, 0) is 9.53 Å². The fourth-order valence-corrected chi connectivity index (χ4v) is 4.73. The van der Waals surface area contributed by atoms with E-state index in [-0.39, 0.29) is 5.91 Å². The third kappa shape index (κ3) is 3.59. The first-order valence-corrected chi connectivity index (χ1v) is 10.3. The summed E-state index contributed by atoms with van der Waals surface area (Å²) < 4.78 is 6.11. The van der Waals surface area contributed by atoms with Crippen molar-refractivity contribution < 1.29 is 9.53 Å². The largest absolute Gasteiger partial charge is 0.378 e. The fraction of sp³-hybridized carbons (Fsp3) is 0.350.